The lowest BCUT2D eigenvalue weighted by Gasteiger charge is -2.29. The Balaban J connectivity index is 1.63. The van der Waals surface area contributed by atoms with E-state index in [0.717, 1.165) is 53.3 Å². The lowest BCUT2D eigenvalue weighted by atomic mass is 10.00. The van der Waals surface area contributed by atoms with E-state index in [1.165, 1.54) is 6.42 Å². The summed E-state index contributed by atoms with van der Waals surface area (Å²) in [6.45, 7) is 6.84. The highest BCUT2D eigenvalue weighted by Gasteiger charge is 2.22. The molecule has 0 unspecified atom stereocenters. The highest BCUT2D eigenvalue weighted by molar-refractivity contribution is 5.81. The third-order valence-corrected chi connectivity index (χ3v) is 6.59. The molecule has 1 atom stereocenters. The molecule has 0 N–H and O–H groups in total. The van der Waals surface area contributed by atoms with Gasteiger partial charge in [-0.3, -0.25) is 9.38 Å². The van der Waals surface area contributed by atoms with Crippen LogP contribution < -0.4 is 4.74 Å². The van der Waals surface area contributed by atoms with Crippen molar-refractivity contribution in [2.45, 2.75) is 26.7 Å². The smallest absolute Gasteiger partial charge is 0.259 e. The number of hydrogen-bond acceptors (Lipinski definition) is 6. The van der Waals surface area contributed by atoms with Crippen LogP contribution in [-0.4, -0.2) is 51.0 Å². The fourth-order valence-electron chi connectivity index (χ4n) is 4.62. The number of aryl methyl sites for hydroxylation is 2. The average Bonchev–Trinajstić information content (AvgIpc) is 3.34. The molecule has 172 valence electrons. The maximum absolute atomic E-state index is 9.25. The minimum absolute atomic E-state index is 0.470. The van der Waals surface area contributed by atoms with Crippen molar-refractivity contribution in [3.05, 3.63) is 65.7 Å². The van der Waals surface area contributed by atoms with Gasteiger partial charge in [-0.2, -0.15) is 5.26 Å². The Hall–Kier alpha value is -3.76. The minimum atomic E-state index is 0.470. The summed E-state index contributed by atoms with van der Waals surface area (Å²) in [6, 6.07) is 11.8. The van der Waals surface area contributed by atoms with Crippen LogP contribution in [0.3, 0.4) is 0 Å². The average molecular weight is 453 g/mol. The van der Waals surface area contributed by atoms with Gasteiger partial charge in [-0.15, -0.1) is 0 Å². The summed E-state index contributed by atoms with van der Waals surface area (Å²) in [7, 11) is 2.16. The Kier molecular flexibility index (Phi) is 5.99. The van der Waals surface area contributed by atoms with Gasteiger partial charge in [-0.25, -0.2) is 9.97 Å². The summed E-state index contributed by atoms with van der Waals surface area (Å²) in [5.41, 5.74) is 6.94. The molecule has 4 aromatic rings. The first-order valence-corrected chi connectivity index (χ1v) is 11.7. The lowest BCUT2D eigenvalue weighted by molar-refractivity contribution is 0.148. The topological polar surface area (TPSA) is 79.3 Å². The molecule has 0 bridgehead atoms. The van der Waals surface area contributed by atoms with Crippen molar-refractivity contribution in [2.75, 3.05) is 26.7 Å². The summed E-state index contributed by atoms with van der Waals surface area (Å²) >= 11 is 0. The van der Waals surface area contributed by atoms with Crippen molar-refractivity contribution < 1.29 is 4.74 Å². The van der Waals surface area contributed by atoms with Crippen LogP contribution >= 0.6 is 0 Å². The summed E-state index contributed by atoms with van der Waals surface area (Å²) < 4.78 is 8.35. The second kappa shape index (κ2) is 9.24. The second-order valence-corrected chi connectivity index (χ2v) is 9.13. The molecule has 34 heavy (non-hydrogen) atoms. The first kappa shape index (κ1) is 22.1. The van der Waals surface area contributed by atoms with Gasteiger partial charge >= 0.3 is 0 Å². The van der Waals surface area contributed by atoms with E-state index >= 15 is 0 Å². The molecule has 7 nitrogen and oxygen atoms in total. The van der Waals surface area contributed by atoms with Crippen molar-refractivity contribution >= 4 is 5.65 Å². The van der Waals surface area contributed by atoms with Crippen LogP contribution in [0, 0.1) is 31.1 Å². The van der Waals surface area contributed by atoms with E-state index in [9.17, 15) is 5.26 Å². The number of benzene rings is 1. The highest BCUT2D eigenvalue weighted by atomic mass is 16.5. The quantitative estimate of drug-likeness (QED) is 0.438. The molecule has 0 aliphatic carbocycles. The number of pyridine rings is 1. The van der Waals surface area contributed by atoms with Gasteiger partial charge in [0.1, 0.15) is 0 Å². The summed E-state index contributed by atoms with van der Waals surface area (Å²) in [5, 5.41) is 9.25. The molecule has 0 spiro atoms. The predicted octanol–water partition coefficient (Wildman–Crippen LogP) is 4.67. The molecule has 1 aliphatic heterocycles. The fraction of sp³-hybridized carbons (Fsp3) is 0.333. The SMILES string of the molecule is Cc1cc(-c2c(-c3ccc(C#N)cc3)nc(OC[C@@H]3CCCN(C)C3)c3nccn23)cnc1C. The van der Waals surface area contributed by atoms with Gasteiger partial charge in [-0.05, 0) is 64.0 Å². The van der Waals surface area contributed by atoms with E-state index in [1.54, 1.807) is 6.20 Å². The Morgan fingerprint density at radius 3 is 2.71 bits per heavy atom. The Morgan fingerprint density at radius 1 is 1.15 bits per heavy atom. The van der Waals surface area contributed by atoms with Gasteiger partial charge in [-0.1, -0.05) is 12.1 Å². The van der Waals surface area contributed by atoms with Crippen LogP contribution in [-0.2, 0) is 0 Å². The van der Waals surface area contributed by atoms with E-state index in [-0.39, 0.29) is 0 Å². The monoisotopic (exact) mass is 452 g/mol. The summed E-state index contributed by atoms with van der Waals surface area (Å²) in [4.78, 5) is 16.5. The van der Waals surface area contributed by atoms with Crippen molar-refractivity contribution in [3.63, 3.8) is 0 Å². The Labute approximate surface area is 199 Å². The van der Waals surface area contributed by atoms with Crippen LogP contribution in [0.1, 0.15) is 29.7 Å². The number of rotatable bonds is 5. The van der Waals surface area contributed by atoms with Gasteiger partial charge in [0.15, 0.2) is 0 Å². The zero-order valence-corrected chi connectivity index (χ0v) is 19.8. The van der Waals surface area contributed by atoms with Crippen LogP contribution in [0.15, 0.2) is 48.9 Å². The number of likely N-dealkylation sites (tertiary alicyclic amines) is 1. The summed E-state index contributed by atoms with van der Waals surface area (Å²) in [5.74, 6) is 0.996. The Morgan fingerprint density at radius 2 is 1.97 bits per heavy atom. The van der Waals surface area contributed by atoms with E-state index < -0.39 is 0 Å². The molecule has 1 aromatic carbocycles. The number of ether oxygens (including phenoxy) is 1. The van der Waals surface area contributed by atoms with Crippen LogP contribution in [0.2, 0.25) is 0 Å². The van der Waals surface area contributed by atoms with Crippen molar-refractivity contribution in [1.82, 2.24) is 24.3 Å². The molecule has 1 fully saturated rings. The second-order valence-electron chi connectivity index (χ2n) is 9.13. The molecular weight excluding hydrogens is 424 g/mol. The number of piperidine rings is 1. The zero-order valence-electron chi connectivity index (χ0n) is 19.8. The van der Waals surface area contributed by atoms with Gasteiger partial charge in [0.05, 0.1) is 29.6 Å². The first-order valence-electron chi connectivity index (χ1n) is 11.7. The van der Waals surface area contributed by atoms with Crippen molar-refractivity contribution in [1.29, 1.82) is 5.26 Å². The fourth-order valence-corrected chi connectivity index (χ4v) is 4.62. The predicted molar refractivity (Wildman–Crippen MR) is 132 cm³/mol. The van der Waals surface area contributed by atoms with Crippen molar-refractivity contribution in [2.24, 2.45) is 5.92 Å². The van der Waals surface area contributed by atoms with Crippen molar-refractivity contribution in [3.8, 4) is 34.5 Å². The molecule has 1 saturated heterocycles. The molecule has 5 rings (SSSR count). The number of nitrogens with zero attached hydrogens (tertiary/aromatic N) is 6. The molecule has 1 aliphatic rings. The van der Waals surface area contributed by atoms with E-state index in [2.05, 4.69) is 41.0 Å². The number of fused-ring (bicyclic) bond motifs is 1. The van der Waals surface area contributed by atoms with E-state index in [0.29, 0.717) is 29.6 Å². The lowest BCUT2D eigenvalue weighted by Crippen LogP contribution is -2.34. The van der Waals surface area contributed by atoms with Crippen LogP contribution in [0.4, 0.5) is 0 Å². The number of hydrogen-bond donors (Lipinski definition) is 0. The van der Waals surface area contributed by atoms with Gasteiger partial charge < -0.3 is 9.64 Å². The number of aromatic nitrogens is 4. The zero-order chi connectivity index (χ0) is 23.7. The van der Waals surface area contributed by atoms with Crippen LogP contribution in [0.25, 0.3) is 28.2 Å². The number of imidazole rings is 1. The standard InChI is InChI=1S/C27H28N6O/c1-18-13-23(15-30-19(18)2)25-24(22-8-6-20(14-28)7-9-22)31-27(26-29-10-12-33(25)26)34-17-21-5-4-11-32(3)16-21/h6-10,12-13,15,21H,4-5,11,16-17H2,1-3H3/t21-/m1/s1. The third kappa shape index (κ3) is 4.25. The Bertz CT molecular complexity index is 1370. The maximum Gasteiger partial charge on any atom is 0.259 e. The maximum atomic E-state index is 9.25. The molecule has 7 heteroatoms. The molecule has 3 aromatic heterocycles. The molecule has 0 radical (unpaired) electrons. The van der Waals surface area contributed by atoms with E-state index in [4.69, 9.17) is 9.72 Å². The largest absolute Gasteiger partial charge is 0.475 e. The molecule has 4 heterocycles. The normalized spacial score (nSPS) is 16.5. The minimum Gasteiger partial charge on any atom is -0.475 e. The van der Waals surface area contributed by atoms with Crippen LogP contribution in [0.5, 0.6) is 5.88 Å². The van der Waals surface area contributed by atoms with E-state index in [1.807, 2.05) is 48.0 Å². The summed E-state index contributed by atoms with van der Waals surface area (Å²) in [6.07, 6.45) is 7.94. The third-order valence-electron chi connectivity index (χ3n) is 6.59. The first-order chi connectivity index (χ1) is 16.5. The van der Waals surface area contributed by atoms with Gasteiger partial charge in [0, 0.05) is 47.9 Å². The van der Waals surface area contributed by atoms with Gasteiger partial charge in [0.2, 0.25) is 5.65 Å². The number of nitriles is 1. The molecular formula is C27H28N6O. The molecule has 0 saturated carbocycles. The molecule has 0 amide bonds. The van der Waals surface area contributed by atoms with Gasteiger partial charge in [0.25, 0.3) is 5.88 Å². The highest BCUT2D eigenvalue weighted by Crippen LogP contribution is 2.35.